The van der Waals surface area contributed by atoms with E-state index in [1.807, 2.05) is 31.2 Å². The first kappa shape index (κ1) is 12.5. The van der Waals surface area contributed by atoms with Crippen LogP contribution >= 0.6 is 27.5 Å². The number of hydrogen-bond acceptors (Lipinski definition) is 2. The molecule has 0 unspecified atom stereocenters. The lowest BCUT2D eigenvalue weighted by Gasteiger charge is -2.00. The third kappa shape index (κ3) is 2.33. The number of nitrogens with two attached hydrogens (primary N) is 1. The van der Waals surface area contributed by atoms with E-state index < -0.39 is 0 Å². The summed E-state index contributed by atoms with van der Waals surface area (Å²) in [5.74, 6) is 0.769. The molecule has 3 nitrogen and oxygen atoms in total. The van der Waals surface area contributed by atoms with Gasteiger partial charge in [-0.25, -0.2) is 4.98 Å². The Kier molecular flexibility index (Phi) is 2.99. The number of hydrogen-bond donors (Lipinski definition) is 2. The van der Waals surface area contributed by atoms with Gasteiger partial charge in [-0.1, -0.05) is 27.5 Å². The van der Waals surface area contributed by atoms with Crippen molar-refractivity contribution < 1.29 is 0 Å². The lowest BCUT2D eigenvalue weighted by atomic mass is 10.2. The number of nitrogen functional groups attached to an aromatic ring is 1. The second kappa shape index (κ2) is 4.54. The van der Waals surface area contributed by atoms with E-state index in [-0.39, 0.29) is 0 Å². The molecule has 3 aromatic rings. The maximum Gasteiger partial charge on any atom is 0.138 e. The third-order valence-electron chi connectivity index (χ3n) is 2.94. The number of imidazole rings is 1. The number of fused-ring (bicyclic) bond motifs is 1. The van der Waals surface area contributed by atoms with Crippen LogP contribution in [0.2, 0.25) is 5.02 Å². The van der Waals surface area contributed by atoms with Crippen LogP contribution in [0.5, 0.6) is 0 Å². The third-order valence-corrected chi connectivity index (χ3v) is 3.61. The molecule has 0 amide bonds. The minimum atomic E-state index is 0.605. The molecule has 0 spiro atoms. The van der Waals surface area contributed by atoms with E-state index in [0.717, 1.165) is 32.5 Å². The van der Waals surface area contributed by atoms with Gasteiger partial charge in [0.05, 0.1) is 11.0 Å². The first-order valence-electron chi connectivity index (χ1n) is 5.75. The maximum absolute atomic E-state index is 6.03. The van der Waals surface area contributed by atoms with Gasteiger partial charge in [0.25, 0.3) is 0 Å². The summed E-state index contributed by atoms with van der Waals surface area (Å²) in [4.78, 5) is 7.91. The van der Waals surface area contributed by atoms with E-state index in [2.05, 4.69) is 25.9 Å². The summed E-state index contributed by atoms with van der Waals surface area (Å²) < 4.78 is 1.03. The number of aromatic nitrogens is 2. The molecule has 0 aliphatic carbocycles. The number of nitrogens with one attached hydrogen (secondary N) is 1. The van der Waals surface area contributed by atoms with E-state index >= 15 is 0 Å². The Labute approximate surface area is 123 Å². The fraction of sp³-hybridized carbons (Fsp3) is 0.0714. The molecule has 0 bridgehead atoms. The molecule has 2 aromatic carbocycles. The number of halogens is 2. The molecule has 0 saturated heterocycles. The zero-order valence-electron chi connectivity index (χ0n) is 10.2. The van der Waals surface area contributed by atoms with Gasteiger partial charge < -0.3 is 10.7 Å². The van der Waals surface area contributed by atoms with Crippen LogP contribution in [0.15, 0.2) is 34.8 Å². The Morgan fingerprint density at radius 1 is 1.21 bits per heavy atom. The summed E-state index contributed by atoms with van der Waals surface area (Å²) in [7, 11) is 0. The molecular weight excluding hydrogens is 326 g/mol. The van der Waals surface area contributed by atoms with Crippen molar-refractivity contribution in [3.05, 3.63) is 45.4 Å². The molecule has 0 aliphatic heterocycles. The van der Waals surface area contributed by atoms with E-state index in [1.165, 1.54) is 0 Å². The number of anilines is 1. The average molecular weight is 337 g/mol. The lowest BCUT2D eigenvalue weighted by Crippen LogP contribution is -1.87. The maximum atomic E-state index is 6.03. The number of rotatable bonds is 1. The van der Waals surface area contributed by atoms with Crippen molar-refractivity contribution in [1.29, 1.82) is 0 Å². The van der Waals surface area contributed by atoms with E-state index in [0.29, 0.717) is 10.7 Å². The molecule has 3 rings (SSSR count). The molecule has 0 atom stereocenters. The molecule has 1 aromatic heterocycles. The SMILES string of the molecule is Cc1cc(Br)cc2[nH]c(-c3cc(N)cc(Cl)c3)nc12. The molecule has 0 radical (unpaired) electrons. The zero-order chi connectivity index (χ0) is 13.6. The fourth-order valence-corrected chi connectivity index (χ4v) is 2.95. The van der Waals surface area contributed by atoms with Gasteiger partial charge in [-0.2, -0.15) is 0 Å². The molecular formula is C14H11BrClN3. The normalized spacial score (nSPS) is 11.1. The summed E-state index contributed by atoms with van der Waals surface area (Å²) in [5, 5.41) is 0.605. The van der Waals surface area contributed by atoms with E-state index in [9.17, 15) is 0 Å². The first-order valence-corrected chi connectivity index (χ1v) is 6.92. The second-order valence-corrected chi connectivity index (χ2v) is 5.83. The van der Waals surface area contributed by atoms with Crippen molar-refractivity contribution in [2.24, 2.45) is 0 Å². The van der Waals surface area contributed by atoms with Crippen LogP contribution in [-0.2, 0) is 0 Å². The molecule has 0 fully saturated rings. The Morgan fingerprint density at radius 3 is 2.74 bits per heavy atom. The van der Waals surface area contributed by atoms with Crippen molar-refractivity contribution in [1.82, 2.24) is 9.97 Å². The van der Waals surface area contributed by atoms with Crippen LogP contribution in [0.25, 0.3) is 22.4 Å². The highest BCUT2D eigenvalue weighted by Gasteiger charge is 2.09. The van der Waals surface area contributed by atoms with Crippen LogP contribution in [0.1, 0.15) is 5.56 Å². The van der Waals surface area contributed by atoms with Crippen molar-refractivity contribution in [2.45, 2.75) is 6.92 Å². The second-order valence-electron chi connectivity index (χ2n) is 4.48. The van der Waals surface area contributed by atoms with Gasteiger partial charge >= 0.3 is 0 Å². The van der Waals surface area contributed by atoms with Gasteiger partial charge in [0.15, 0.2) is 0 Å². The van der Waals surface area contributed by atoms with E-state index in [1.54, 1.807) is 6.07 Å². The van der Waals surface area contributed by atoms with Gasteiger partial charge in [-0.3, -0.25) is 0 Å². The Balaban J connectivity index is 2.23. The highest BCUT2D eigenvalue weighted by atomic mass is 79.9. The van der Waals surface area contributed by atoms with Crippen LogP contribution < -0.4 is 5.73 Å². The summed E-state index contributed by atoms with van der Waals surface area (Å²) in [5.41, 5.74) is 10.4. The van der Waals surface area contributed by atoms with Gasteiger partial charge in [-0.15, -0.1) is 0 Å². The molecule has 96 valence electrons. The summed E-state index contributed by atoms with van der Waals surface area (Å²) in [6.07, 6.45) is 0. The Morgan fingerprint density at radius 2 is 2.00 bits per heavy atom. The van der Waals surface area contributed by atoms with Gasteiger partial charge in [-0.05, 0) is 42.8 Å². The molecule has 1 heterocycles. The van der Waals surface area contributed by atoms with Gasteiger partial charge in [0, 0.05) is 20.7 Å². The summed E-state index contributed by atoms with van der Waals surface area (Å²) >= 11 is 9.51. The highest BCUT2D eigenvalue weighted by Crippen LogP contribution is 2.28. The number of H-pyrrole nitrogens is 1. The molecule has 5 heteroatoms. The lowest BCUT2D eigenvalue weighted by molar-refractivity contribution is 1.33. The van der Waals surface area contributed by atoms with Crippen LogP contribution in [0.3, 0.4) is 0 Å². The van der Waals surface area contributed by atoms with Crippen LogP contribution in [0.4, 0.5) is 5.69 Å². The van der Waals surface area contributed by atoms with Crippen LogP contribution in [0, 0.1) is 6.92 Å². The number of aryl methyl sites for hydroxylation is 1. The first-order chi connectivity index (χ1) is 9.02. The minimum Gasteiger partial charge on any atom is -0.399 e. The predicted molar refractivity (Wildman–Crippen MR) is 83.4 cm³/mol. The Bertz CT molecular complexity index is 759. The van der Waals surface area contributed by atoms with Gasteiger partial charge in [0.2, 0.25) is 0 Å². The summed E-state index contributed by atoms with van der Waals surface area (Å²) in [6.45, 7) is 2.03. The summed E-state index contributed by atoms with van der Waals surface area (Å²) in [6, 6.07) is 9.47. The standard InChI is InChI=1S/C14H11BrClN3/c1-7-2-9(15)5-12-13(7)19-14(18-12)8-3-10(16)6-11(17)4-8/h2-6H,17H2,1H3,(H,18,19). The van der Waals surface area contributed by atoms with Crippen molar-refractivity contribution in [2.75, 3.05) is 5.73 Å². The van der Waals surface area contributed by atoms with E-state index in [4.69, 9.17) is 17.3 Å². The average Bonchev–Trinajstić information content (AvgIpc) is 2.71. The number of aromatic amines is 1. The molecule has 19 heavy (non-hydrogen) atoms. The number of nitrogens with zero attached hydrogens (tertiary/aromatic N) is 1. The molecule has 3 N–H and O–H groups in total. The monoisotopic (exact) mass is 335 g/mol. The topological polar surface area (TPSA) is 54.7 Å². The largest absolute Gasteiger partial charge is 0.399 e. The highest BCUT2D eigenvalue weighted by molar-refractivity contribution is 9.10. The van der Waals surface area contributed by atoms with Crippen molar-refractivity contribution in [3.63, 3.8) is 0 Å². The smallest absolute Gasteiger partial charge is 0.138 e. The van der Waals surface area contributed by atoms with Crippen molar-refractivity contribution >= 4 is 44.3 Å². The Hall–Kier alpha value is -1.52. The van der Waals surface area contributed by atoms with Gasteiger partial charge in [0.1, 0.15) is 5.82 Å². The predicted octanol–water partition coefficient (Wildman–Crippen LogP) is 4.54. The quantitative estimate of drug-likeness (QED) is 0.641. The van der Waals surface area contributed by atoms with Crippen molar-refractivity contribution in [3.8, 4) is 11.4 Å². The fourth-order valence-electron chi connectivity index (χ4n) is 2.13. The molecule has 0 saturated carbocycles. The minimum absolute atomic E-state index is 0.605. The number of benzene rings is 2. The molecule has 0 aliphatic rings. The van der Waals surface area contributed by atoms with Crippen LogP contribution in [-0.4, -0.2) is 9.97 Å². The zero-order valence-corrected chi connectivity index (χ0v) is 12.5.